The molecule has 2 saturated carbocycles. The van der Waals surface area contributed by atoms with Crippen LogP contribution in [-0.4, -0.2) is 35.3 Å². The van der Waals surface area contributed by atoms with Gasteiger partial charge in [-0.25, -0.2) is 14.4 Å². The molecule has 0 radical (unpaired) electrons. The summed E-state index contributed by atoms with van der Waals surface area (Å²) in [6.45, 7) is 0. The lowest BCUT2D eigenvalue weighted by atomic mass is 9.89. The molecule has 0 amide bonds. The quantitative estimate of drug-likeness (QED) is 0.302. The Kier molecular flexibility index (Phi) is 6.04. The van der Waals surface area contributed by atoms with Gasteiger partial charge in [0.25, 0.3) is 5.56 Å². The first-order valence-corrected chi connectivity index (χ1v) is 12.6. The SMILES string of the molecule is Cn1c(Nc2cc(C3CC3)cn(C3CC(O)C3)c2=O)nc2ncc(OC(=CN)c3ccc(F)cn3)c(Cl)c21. The highest BCUT2D eigenvalue weighted by Crippen LogP contribution is 2.42. The fourth-order valence-corrected chi connectivity index (χ4v) is 4.94. The molecule has 0 aliphatic heterocycles. The molecule has 2 aliphatic carbocycles. The van der Waals surface area contributed by atoms with Crippen molar-refractivity contribution in [3.8, 4) is 5.75 Å². The molecule has 10 nitrogen and oxygen atoms in total. The molecule has 0 saturated heterocycles. The van der Waals surface area contributed by atoms with Crippen molar-refractivity contribution < 1.29 is 14.2 Å². The van der Waals surface area contributed by atoms with Crippen molar-refractivity contribution in [2.75, 3.05) is 5.32 Å². The van der Waals surface area contributed by atoms with Gasteiger partial charge in [0.1, 0.15) is 27.7 Å². The minimum absolute atomic E-state index is 0.0200. The molecule has 12 heteroatoms. The molecule has 4 aromatic rings. The van der Waals surface area contributed by atoms with Crippen molar-refractivity contribution in [1.29, 1.82) is 0 Å². The Morgan fingerprint density at radius 3 is 2.74 bits per heavy atom. The molecule has 0 spiro atoms. The number of nitrogens with zero attached hydrogens (tertiary/aromatic N) is 5. The number of rotatable bonds is 7. The lowest BCUT2D eigenvalue weighted by Gasteiger charge is -2.33. The number of nitrogens with two attached hydrogens (primary N) is 1. The lowest BCUT2D eigenvalue weighted by molar-refractivity contribution is 0.0471. The first kappa shape index (κ1) is 24.4. The number of aliphatic hydroxyl groups is 1. The van der Waals surface area contributed by atoms with Crippen LogP contribution in [0.4, 0.5) is 16.0 Å². The van der Waals surface area contributed by atoms with E-state index in [4.69, 9.17) is 22.1 Å². The summed E-state index contributed by atoms with van der Waals surface area (Å²) < 4.78 is 22.6. The second kappa shape index (κ2) is 9.41. The lowest BCUT2D eigenvalue weighted by Crippen LogP contribution is -2.37. The van der Waals surface area contributed by atoms with Crippen molar-refractivity contribution in [3.05, 3.63) is 75.4 Å². The molecule has 2 aliphatic rings. The van der Waals surface area contributed by atoms with Crippen LogP contribution in [0.1, 0.15) is 48.9 Å². The van der Waals surface area contributed by atoms with Gasteiger partial charge in [0, 0.05) is 25.5 Å². The maximum Gasteiger partial charge on any atom is 0.274 e. The standard InChI is InChI=1S/C26H25ClFN7O3/c1-34-23-22(27)21(38-20(9-29)18-5-4-15(28)10-30-18)11-31-24(23)33-26(34)32-19-6-14(13-2-3-13)12-35(25(19)37)16-7-17(36)8-16/h4-6,9-13,16-17,36H,2-3,7-8,29H2,1H3,(H,31,32,33). The van der Waals surface area contributed by atoms with E-state index in [9.17, 15) is 14.3 Å². The third kappa shape index (κ3) is 4.37. The second-order valence-corrected chi connectivity index (χ2v) is 10.1. The summed E-state index contributed by atoms with van der Waals surface area (Å²) in [5, 5.41) is 13.2. The zero-order chi connectivity index (χ0) is 26.6. The number of hydrogen-bond acceptors (Lipinski definition) is 8. The highest BCUT2D eigenvalue weighted by Gasteiger charge is 2.32. The third-order valence-corrected chi connectivity index (χ3v) is 7.36. The molecule has 4 heterocycles. The Hall–Kier alpha value is -3.96. The van der Waals surface area contributed by atoms with E-state index in [-0.39, 0.29) is 34.2 Å². The highest BCUT2D eigenvalue weighted by atomic mass is 35.5. The van der Waals surface area contributed by atoms with Gasteiger partial charge in [-0.3, -0.25) is 4.79 Å². The van der Waals surface area contributed by atoms with E-state index in [0.717, 1.165) is 24.6 Å². The number of nitrogens with one attached hydrogen (secondary N) is 1. The number of halogens is 2. The van der Waals surface area contributed by atoms with E-state index in [0.29, 0.717) is 47.3 Å². The van der Waals surface area contributed by atoms with Crippen LogP contribution in [0, 0.1) is 5.82 Å². The largest absolute Gasteiger partial charge is 0.450 e. The number of anilines is 2. The van der Waals surface area contributed by atoms with Crippen LogP contribution in [-0.2, 0) is 7.05 Å². The number of hydrogen-bond donors (Lipinski definition) is 3. The fraction of sp³-hybridized carbons (Fsp3) is 0.308. The third-order valence-electron chi connectivity index (χ3n) is 7.00. The molecule has 4 aromatic heterocycles. The smallest absolute Gasteiger partial charge is 0.274 e. The normalized spacial score (nSPS) is 19.4. The van der Waals surface area contributed by atoms with Crippen LogP contribution in [0.15, 0.2) is 47.8 Å². The maximum atomic E-state index is 13.3. The van der Waals surface area contributed by atoms with E-state index in [1.165, 1.54) is 24.5 Å². The molecule has 2 fully saturated rings. The molecule has 196 valence electrons. The first-order chi connectivity index (χ1) is 18.3. The molecular formula is C26H25ClFN7O3. The van der Waals surface area contributed by atoms with E-state index in [1.54, 1.807) is 16.2 Å². The Balaban J connectivity index is 1.33. The molecular weight excluding hydrogens is 513 g/mol. The molecule has 0 bridgehead atoms. The summed E-state index contributed by atoms with van der Waals surface area (Å²) in [6.07, 6.45) is 8.54. The summed E-state index contributed by atoms with van der Waals surface area (Å²) in [5.41, 5.74) is 8.20. The monoisotopic (exact) mass is 537 g/mol. The number of ether oxygens (including phenoxy) is 1. The van der Waals surface area contributed by atoms with Gasteiger partial charge in [-0.15, -0.1) is 0 Å². The van der Waals surface area contributed by atoms with Crippen LogP contribution in [0.25, 0.3) is 16.9 Å². The molecule has 4 N–H and O–H groups in total. The summed E-state index contributed by atoms with van der Waals surface area (Å²) in [4.78, 5) is 26.2. The van der Waals surface area contributed by atoms with Crippen molar-refractivity contribution >= 4 is 40.2 Å². The van der Waals surface area contributed by atoms with Gasteiger partial charge >= 0.3 is 0 Å². The summed E-state index contributed by atoms with van der Waals surface area (Å²) in [5.74, 6) is 0.710. The van der Waals surface area contributed by atoms with Gasteiger partial charge in [0.05, 0.1) is 18.5 Å². The average molecular weight is 538 g/mol. The first-order valence-electron chi connectivity index (χ1n) is 12.3. The molecule has 0 unspecified atom stereocenters. The number of aromatic nitrogens is 5. The molecule has 0 aromatic carbocycles. The summed E-state index contributed by atoms with van der Waals surface area (Å²) in [7, 11) is 1.75. The average Bonchev–Trinajstić information content (AvgIpc) is 3.68. The van der Waals surface area contributed by atoms with Crippen molar-refractivity contribution in [2.45, 2.75) is 43.7 Å². The van der Waals surface area contributed by atoms with E-state index in [1.807, 2.05) is 12.3 Å². The highest BCUT2D eigenvalue weighted by molar-refractivity contribution is 6.36. The Morgan fingerprint density at radius 1 is 1.29 bits per heavy atom. The van der Waals surface area contributed by atoms with Gasteiger partial charge in [-0.1, -0.05) is 11.6 Å². The zero-order valence-corrected chi connectivity index (χ0v) is 21.2. The minimum atomic E-state index is -0.485. The Labute approximate surface area is 221 Å². The molecule has 0 atom stereocenters. The summed E-state index contributed by atoms with van der Waals surface area (Å²) >= 11 is 6.70. The van der Waals surface area contributed by atoms with Crippen LogP contribution in [0.3, 0.4) is 0 Å². The van der Waals surface area contributed by atoms with E-state index >= 15 is 0 Å². The van der Waals surface area contributed by atoms with Crippen LogP contribution in [0.2, 0.25) is 5.02 Å². The minimum Gasteiger partial charge on any atom is -0.450 e. The van der Waals surface area contributed by atoms with Gasteiger partial charge in [0.15, 0.2) is 17.2 Å². The van der Waals surface area contributed by atoms with Crippen LogP contribution < -0.4 is 21.3 Å². The topological polar surface area (TPSA) is 133 Å². The second-order valence-electron chi connectivity index (χ2n) is 9.68. The van der Waals surface area contributed by atoms with Crippen molar-refractivity contribution in [1.82, 2.24) is 24.1 Å². The van der Waals surface area contributed by atoms with E-state index in [2.05, 4.69) is 20.3 Å². The van der Waals surface area contributed by atoms with Gasteiger partial charge in [-0.2, -0.15) is 4.98 Å². The maximum absolute atomic E-state index is 13.3. The fourth-order valence-electron chi connectivity index (χ4n) is 4.64. The molecule has 6 rings (SSSR count). The number of aryl methyl sites for hydroxylation is 1. The molecule has 38 heavy (non-hydrogen) atoms. The number of fused-ring (bicyclic) bond motifs is 1. The number of pyridine rings is 3. The van der Waals surface area contributed by atoms with Crippen LogP contribution in [0.5, 0.6) is 5.75 Å². The summed E-state index contributed by atoms with van der Waals surface area (Å²) in [6, 6.07) is 4.54. The predicted molar refractivity (Wildman–Crippen MR) is 141 cm³/mol. The number of imidazole rings is 1. The predicted octanol–water partition coefficient (Wildman–Crippen LogP) is 3.97. The Morgan fingerprint density at radius 2 is 2.08 bits per heavy atom. The van der Waals surface area contributed by atoms with Crippen molar-refractivity contribution in [2.24, 2.45) is 12.8 Å². The number of aliphatic hydroxyl groups excluding tert-OH is 1. The van der Waals surface area contributed by atoms with E-state index < -0.39 is 5.82 Å². The van der Waals surface area contributed by atoms with Gasteiger partial charge < -0.3 is 30.0 Å². The van der Waals surface area contributed by atoms with Crippen molar-refractivity contribution in [3.63, 3.8) is 0 Å². The van der Waals surface area contributed by atoms with Gasteiger partial charge in [0.2, 0.25) is 5.95 Å². The Bertz CT molecular complexity index is 1620. The zero-order valence-electron chi connectivity index (χ0n) is 20.4. The van der Waals surface area contributed by atoms with Gasteiger partial charge in [-0.05, 0) is 55.4 Å². The van der Waals surface area contributed by atoms with Crippen LogP contribution >= 0.6 is 11.6 Å².